The zero-order valence-corrected chi connectivity index (χ0v) is 48.1. The highest BCUT2D eigenvalue weighted by Gasteiger charge is 2.38. The highest BCUT2D eigenvalue weighted by atomic mass is 17.2. The van der Waals surface area contributed by atoms with Crippen molar-refractivity contribution >= 4 is 29.6 Å². The van der Waals surface area contributed by atoms with Crippen LogP contribution < -0.4 is 21.3 Å². The first kappa shape index (κ1) is 74.7. The third kappa shape index (κ3) is 34.1. The van der Waals surface area contributed by atoms with Gasteiger partial charge in [-0.1, -0.05) is 0 Å². The topological polar surface area (TPSA) is 434 Å². The Balaban J connectivity index is 1.28. The van der Waals surface area contributed by atoms with Crippen LogP contribution in [-0.4, -0.2) is 302 Å². The fourth-order valence-corrected chi connectivity index (χ4v) is 8.22. The highest BCUT2D eigenvalue weighted by molar-refractivity contribution is 5.90. The first-order valence-electron chi connectivity index (χ1n) is 28.7. The van der Waals surface area contributed by atoms with Crippen LogP contribution in [-0.2, 0) is 95.3 Å². The molecule has 490 valence electrons. The molecule has 0 saturated carbocycles. The molecule has 3 rings (SSSR count). The minimum absolute atomic E-state index is 0.00217. The van der Waals surface area contributed by atoms with Crippen molar-refractivity contribution in [2.75, 3.05) is 152 Å². The van der Waals surface area contributed by atoms with E-state index >= 15 is 0 Å². The van der Waals surface area contributed by atoms with Gasteiger partial charge in [-0.3, -0.25) is 19.2 Å². The molecule has 0 aromatic rings. The summed E-state index contributed by atoms with van der Waals surface area (Å²) in [6.45, 7) is 2.92. The number of aliphatic hydroxyl groups is 7. The van der Waals surface area contributed by atoms with Gasteiger partial charge in [0.25, 0.3) is 0 Å². The van der Waals surface area contributed by atoms with E-state index in [1.807, 2.05) is 0 Å². The molecule has 3 aliphatic heterocycles. The Morgan fingerprint density at radius 3 is 1.33 bits per heavy atom. The number of carboxylic acid groups (broad SMARTS) is 1. The van der Waals surface area contributed by atoms with Crippen molar-refractivity contribution in [3.8, 4) is 0 Å². The average Bonchev–Trinajstić information content (AvgIpc) is 3.61. The number of aliphatic carboxylic acids is 1. The summed E-state index contributed by atoms with van der Waals surface area (Å²) in [7, 11) is 0. The lowest BCUT2D eigenvalue weighted by atomic mass is 10.0. The van der Waals surface area contributed by atoms with Crippen molar-refractivity contribution in [3.63, 3.8) is 0 Å². The molecule has 0 bridgehead atoms. The Morgan fingerprint density at radius 2 is 0.869 bits per heavy atom. The number of amides is 4. The van der Waals surface area contributed by atoms with Gasteiger partial charge in [-0.25, -0.2) is 14.6 Å². The zero-order valence-electron chi connectivity index (χ0n) is 48.1. The molecule has 4 amide bonds. The molecule has 0 aromatic heterocycles. The molecular weight excluding hydrogens is 1130 g/mol. The van der Waals surface area contributed by atoms with E-state index in [1.165, 1.54) is 0 Å². The molecule has 0 aliphatic carbocycles. The molecule has 32 nitrogen and oxygen atoms in total. The van der Waals surface area contributed by atoms with E-state index in [9.17, 15) is 64.8 Å². The van der Waals surface area contributed by atoms with Crippen molar-refractivity contribution in [1.29, 1.82) is 0 Å². The maximum atomic E-state index is 13.5. The quantitative estimate of drug-likeness (QED) is 0.0155. The second kappa shape index (κ2) is 46.6. The lowest BCUT2D eigenvalue weighted by molar-refractivity contribution is -0.314. The van der Waals surface area contributed by atoms with Crippen LogP contribution in [0.1, 0.15) is 71.1 Å². The van der Waals surface area contributed by atoms with Crippen LogP contribution in [0.4, 0.5) is 0 Å². The average molecular weight is 1220 g/mol. The van der Waals surface area contributed by atoms with Gasteiger partial charge in [0.15, 0.2) is 18.9 Å². The molecule has 13 atom stereocenters. The molecule has 32 heteroatoms. The molecule has 0 aromatic carbocycles. The number of nitrogens with one attached hydrogen (secondary N) is 4. The van der Waals surface area contributed by atoms with Crippen LogP contribution in [0.2, 0.25) is 0 Å². The minimum Gasteiger partial charge on any atom is -0.480 e. The van der Waals surface area contributed by atoms with Crippen LogP contribution in [0.3, 0.4) is 0 Å². The van der Waals surface area contributed by atoms with E-state index in [2.05, 4.69) is 21.3 Å². The fraction of sp³-hybridized carbons (Fsp3) is 0.904. The monoisotopic (exact) mass is 1220 g/mol. The van der Waals surface area contributed by atoms with Crippen molar-refractivity contribution < 1.29 is 136 Å². The molecular formula is C52H94N4O28. The molecule has 12 N–H and O–H groups in total. The van der Waals surface area contributed by atoms with Gasteiger partial charge in [-0.2, -0.15) is 0 Å². The number of hydrogen-bond donors (Lipinski definition) is 12. The van der Waals surface area contributed by atoms with E-state index in [-0.39, 0.29) is 157 Å². The van der Waals surface area contributed by atoms with Crippen LogP contribution in [0.25, 0.3) is 0 Å². The second-order valence-electron chi connectivity index (χ2n) is 19.7. The number of unbranched alkanes of at least 4 members (excludes halogenated alkanes) is 2. The van der Waals surface area contributed by atoms with E-state index < -0.39 is 117 Å². The Labute approximate surface area is 488 Å². The molecule has 3 aliphatic rings. The van der Waals surface area contributed by atoms with Crippen LogP contribution >= 0.6 is 0 Å². The third-order valence-corrected chi connectivity index (χ3v) is 12.9. The number of carboxylic acids is 1. The fourth-order valence-electron chi connectivity index (χ4n) is 8.22. The maximum absolute atomic E-state index is 13.5. The van der Waals surface area contributed by atoms with E-state index in [4.69, 9.17) is 71.4 Å². The Hall–Kier alpha value is -3.53. The van der Waals surface area contributed by atoms with Gasteiger partial charge in [-0.05, 0) is 51.9 Å². The largest absolute Gasteiger partial charge is 0.480 e. The number of carbonyl (C=O) groups is 5. The van der Waals surface area contributed by atoms with Gasteiger partial charge in [0.2, 0.25) is 23.6 Å². The summed E-state index contributed by atoms with van der Waals surface area (Å²) < 4.78 is 70.8. The Bertz CT molecular complexity index is 1750. The van der Waals surface area contributed by atoms with Crippen molar-refractivity contribution in [2.24, 2.45) is 0 Å². The normalized spacial score (nSPS) is 25.2. The second-order valence-corrected chi connectivity index (χ2v) is 19.7. The van der Waals surface area contributed by atoms with Gasteiger partial charge in [-0.15, -0.1) is 0 Å². The Morgan fingerprint density at radius 1 is 0.464 bits per heavy atom. The van der Waals surface area contributed by atoms with Gasteiger partial charge >= 0.3 is 5.97 Å². The van der Waals surface area contributed by atoms with E-state index in [0.29, 0.717) is 51.7 Å². The number of aliphatic hydroxyl groups excluding tert-OH is 7. The third-order valence-electron chi connectivity index (χ3n) is 12.9. The first-order chi connectivity index (χ1) is 40.6. The Kier molecular flexibility index (Phi) is 41.5. The molecule has 84 heavy (non-hydrogen) atoms. The van der Waals surface area contributed by atoms with Gasteiger partial charge < -0.3 is 124 Å². The highest BCUT2D eigenvalue weighted by Crippen LogP contribution is 2.23. The predicted molar refractivity (Wildman–Crippen MR) is 285 cm³/mol. The summed E-state index contributed by atoms with van der Waals surface area (Å²) in [4.78, 5) is 73.3. The van der Waals surface area contributed by atoms with Gasteiger partial charge in [0, 0.05) is 32.4 Å². The summed E-state index contributed by atoms with van der Waals surface area (Å²) in [5.74, 6) is -3.49. The molecule has 3 saturated heterocycles. The van der Waals surface area contributed by atoms with Crippen LogP contribution in [0.15, 0.2) is 0 Å². The molecule has 0 radical (unpaired) electrons. The molecule has 3 heterocycles. The molecule has 0 spiro atoms. The smallest absolute Gasteiger partial charge is 0.326 e. The lowest BCUT2D eigenvalue weighted by Crippen LogP contribution is -2.52. The van der Waals surface area contributed by atoms with E-state index in [0.717, 1.165) is 0 Å². The number of ether oxygens (including phenoxy) is 13. The maximum Gasteiger partial charge on any atom is 0.326 e. The summed E-state index contributed by atoms with van der Waals surface area (Å²) in [5.41, 5.74) is 0. The molecule has 3 fully saturated rings. The van der Waals surface area contributed by atoms with Gasteiger partial charge in [0.1, 0.15) is 69.5 Å². The summed E-state index contributed by atoms with van der Waals surface area (Å²) >= 11 is 0. The standard InChI is InChI=1S/C52H94N4O28/c1-35-38(59)8-9-46(82-35)77-23-20-72-14-12-71-17-19-75-34-45(64)55-36(6-2-4-10-53-43(62)32-74-18-16-70-13-15-73-21-24-78-47-28-39(60)49(65)41(30-57)83-47)51(67)56-37(52(68)69)7-3-5-11-54-44(63)33-76-22-26-80-81-27-25-79-48-29-40(61)50(66)42(31-58)84-48/h35-42,46-50,57-61,65-66H,2-34H2,1H3,(H,53,62)(H,54,63)(H,55,64)(H,56,67)(H,68,69). The van der Waals surface area contributed by atoms with Gasteiger partial charge in [0.05, 0.1) is 130 Å². The number of rotatable bonds is 50. The van der Waals surface area contributed by atoms with Crippen LogP contribution in [0.5, 0.6) is 0 Å². The summed E-state index contributed by atoms with van der Waals surface area (Å²) in [6, 6.07) is -2.47. The number of hydrogen-bond acceptors (Lipinski definition) is 27. The van der Waals surface area contributed by atoms with Crippen LogP contribution in [0, 0.1) is 0 Å². The van der Waals surface area contributed by atoms with Crippen molar-refractivity contribution in [2.45, 2.75) is 151 Å². The number of carbonyl (C=O) groups excluding carboxylic acids is 4. The minimum atomic E-state index is -1.32. The first-order valence-corrected chi connectivity index (χ1v) is 28.7. The summed E-state index contributed by atoms with van der Waals surface area (Å²) in [5, 5.41) is 88.1. The molecule has 13 unspecified atom stereocenters. The van der Waals surface area contributed by atoms with E-state index in [1.54, 1.807) is 6.92 Å². The van der Waals surface area contributed by atoms with Crippen molar-refractivity contribution in [3.05, 3.63) is 0 Å². The zero-order chi connectivity index (χ0) is 61.2. The summed E-state index contributed by atoms with van der Waals surface area (Å²) in [6.07, 6.45) is -6.53. The SMILES string of the molecule is CC1OC(OCCOCCOCCOCC(=O)NC(CCCCNC(=O)COCCOCCOCCOC2CC(O)C(O)C(CO)O2)C(=O)NC(CCCCNC(=O)COCCOOCCOC2CC(O)C(O)C(CO)O2)C(=O)O)CCC1O. The predicted octanol–water partition coefficient (Wildman–Crippen LogP) is -4.73. The van der Waals surface area contributed by atoms with Crippen molar-refractivity contribution in [1.82, 2.24) is 21.3 Å². The lowest BCUT2D eigenvalue weighted by Gasteiger charge is -2.35.